The Morgan fingerprint density at radius 2 is 1.57 bits per heavy atom. The summed E-state index contributed by atoms with van der Waals surface area (Å²) in [6, 6.07) is 25.4. The van der Waals surface area contributed by atoms with Crippen molar-refractivity contribution in [3.8, 4) is 27.8 Å². The summed E-state index contributed by atoms with van der Waals surface area (Å²) < 4.78 is 11.2. The number of carbonyl (C=O) groups excluding carboxylic acids is 1. The number of thiazole rings is 1. The topological polar surface area (TPSA) is 60.5 Å². The van der Waals surface area contributed by atoms with Crippen LogP contribution in [-0.4, -0.2) is 17.5 Å². The van der Waals surface area contributed by atoms with Crippen molar-refractivity contribution in [3.05, 3.63) is 96.0 Å². The molecule has 5 nitrogen and oxygen atoms in total. The van der Waals surface area contributed by atoms with Gasteiger partial charge in [-0.3, -0.25) is 4.79 Å². The second kappa shape index (κ2) is 9.71. The molecular formula is C24H20N2O3S. The van der Waals surface area contributed by atoms with Crippen molar-refractivity contribution in [3.63, 3.8) is 0 Å². The molecule has 0 bridgehead atoms. The van der Waals surface area contributed by atoms with Gasteiger partial charge < -0.3 is 14.8 Å². The first-order chi connectivity index (χ1) is 14.8. The van der Waals surface area contributed by atoms with Crippen molar-refractivity contribution in [1.82, 2.24) is 10.3 Å². The predicted octanol–water partition coefficient (Wildman–Crippen LogP) is 5.30. The van der Waals surface area contributed by atoms with Gasteiger partial charge in [0.25, 0.3) is 11.1 Å². The van der Waals surface area contributed by atoms with Crippen molar-refractivity contribution in [1.29, 1.82) is 0 Å². The van der Waals surface area contributed by atoms with Crippen LogP contribution in [0.2, 0.25) is 0 Å². The van der Waals surface area contributed by atoms with Crippen LogP contribution in [0.5, 0.6) is 16.7 Å². The van der Waals surface area contributed by atoms with Gasteiger partial charge in [-0.15, -0.1) is 0 Å². The van der Waals surface area contributed by atoms with Crippen molar-refractivity contribution in [2.45, 2.75) is 6.54 Å². The Hall–Kier alpha value is -3.64. The van der Waals surface area contributed by atoms with E-state index in [0.717, 1.165) is 16.7 Å². The molecule has 0 unspecified atom stereocenters. The molecule has 1 aromatic heterocycles. The number of nitrogens with zero attached hydrogens (tertiary/aromatic N) is 1. The van der Waals surface area contributed by atoms with E-state index in [4.69, 9.17) is 9.47 Å². The van der Waals surface area contributed by atoms with Gasteiger partial charge >= 0.3 is 0 Å². The van der Waals surface area contributed by atoms with Crippen molar-refractivity contribution < 1.29 is 14.3 Å². The van der Waals surface area contributed by atoms with Gasteiger partial charge in [-0.1, -0.05) is 65.9 Å². The molecule has 0 aliphatic heterocycles. The summed E-state index contributed by atoms with van der Waals surface area (Å²) in [5, 5.41) is 5.32. The second-order valence-corrected chi connectivity index (χ2v) is 7.36. The van der Waals surface area contributed by atoms with E-state index in [1.807, 2.05) is 72.1 Å². The first-order valence-corrected chi connectivity index (χ1v) is 10.4. The molecule has 1 heterocycles. The van der Waals surface area contributed by atoms with Gasteiger partial charge in [-0.25, -0.2) is 4.98 Å². The molecule has 0 aliphatic rings. The summed E-state index contributed by atoms with van der Waals surface area (Å²) >= 11 is 1.44. The van der Waals surface area contributed by atoms with Gasteiger partial charge in [-0.05, 0) is 41.0 Å². The van der Waals surface area contributed by atoms with Crippen LogP contribution in [0.3, 0.4) is 0 Å². The van der Waals surface area contributed by atoms with Gasteiger partial charge in [0.05, 0.1) is 0 Å². The minimum atomic E-state index is -0.176. The van der Waals surface area contributed by atoms with E-state index >= 15 is 0 Å². The van der Waals surface area contributed by atoms with Crippen LogP contribution in [0.4, 0.5) is 0 Å². The predicted molar refractivity (Wildman–Crippen MR) is 118 cm³/mol. The van der Waals surface area contributed by atoms with Crippen molar-refractivity contribution in [2.24, 2.45) is 0 Å². The molecule has 0 saturated carbocycles. The van der Waals surface area contributed by atoms with E-state index in [1.54, 1.807) is 6.20 Å². The van der Waals surface area contributed by atoms with Crippen molar-refractivity contribution in [2.75, 3.05) is 6.61 Å². The number of rotatable bonds is 8. The number of amides is 1. The molecule has 1 N–H and O–H groups in total. The number of nitrogens with one attached hydrogen (secondary N) is 1. The normalized spacial score (nSPS) is 10.4. The zero-order valence-electron chi connectivity index (χ0n) is 16.2. The summed E-state index contributed by atoms with van der Waals surface area (Å²) in [4.78, 5) is 16.2. The molecule has 4 rings (SSSR count). The average molecular weight is 417 g/mol. The number of benzene rings is 3. The Bertz CT molecular complexity index is 1060. The van der Waals surface area contributed by atoms with Crippen LogP contribution < -0.4 is 14.8 Å². The van der Waals surface area contributed by atoms with E-state index in [9.17, 15) is 4.79 Å². The summed E-state index contributed by atoms with van der Waals surface area (Å²) in [5.41, 5.74) is 3.22. The van der Waals surface area contributed by atoms with Gasteiger partial charge in [0.1, 0.15) is 11.5 Å². The van der Waals surface area contributed by atoms with Crippen LogP contribution in [0, 0.1) is 0 Å². The Kier molecular flexibility index (Phi) is 6.37. The highest BCUT2D eigenvalue weighted by Gasteiger charge is 2.05. The van der Waals surface area contributed by atoms with Crippen LogP contribution in [0.25, 0.3) is 11.1 Å². The van der Waals surface area contributed by atoms with Gasteiger partial charge in [0.2, 0.25) is 0 Å². The molecule has 30 heavy (non-hydrogen) atoms. The SMILES string of the molecule is O=C(COc1ccc(-c2ccccc2)cc1)NCc1ccc(Oc2nccs2)cc1. The lowest BCUT2D eigenvalue weighted by molar-refractivity contribution is -0.123. The first-order valence-electron chi connectivity index (χ1n) is 9.47. The molecule has 0 radical (unpaired) electrons. The third-order valence-corrected chi connectivity index (χ3v) is 5.01. The highest BCUT2D eigenvalue weighted by atomic mass is 32.1. The minimum Gasteiger partial charge on any atom is -0.484 e. The van der Waals surface area contributed by atoms with E-state index in [1.165, 1.54) is 11.3 Å². The highest BCUT2D eigenvalue weighted by molar-refractivity contribution is 7.11. The lowest BCUT2D eigenvalue weighted by Crippen LogP contribution is -2.28. The maximum absolute atomic E-state index is 12.1. The molecule has 0 spiro atoms. The van der Waals surface area contributed by atoms with E-state index < -0.39 is 0 Å². The molecule has 0 atom stereocenters. The zero-order chi connectivity index (χ0) is 20.6. The van der Waals surface area contributed by atoms with E-state index in [0.29, 0.717) is 23.2 Å². The van der Waals surface area contributed by atoms with Crippen LogP contribution in [0.1, 0.15) is 5.56 Å². The Morgan fingerprint density at radius 3 is 2.27 bits per heavy atom. The molecule has 3 aromatic carbocycles. The number of hydrogen-bond acceptors (Lipinski definition) is 5. The van der Waals surface area contributed by atoms with Gasteiger partial charge in [0.15, 0.2) is 6.61 Å². The lowest BCUT2D eigenvalue weighted by atomic mass is 10.1. The number of hydrogen-bond donors (Lipinski definition) is 1. The van der Waals surface area contributed by atoms with Crippen molar-refractivity contribution >= 4 is 17.2 Å². The Labute approximate surface area is 178 Å². The maximum atomic E-state index is 12.1. The smallest absolute Gasteiger partial charge is 0.278 e. The monoisotopic (exact) mass is 416 g/mol. The average Bonchev–Trinajstić information content (AvgIpc) is 3.31. The number of ether oxygens (including phenoxy) is 2. The van der Waals surface area contributed by atoms with E-state index in [-0.39, 0.29) is 12.5 Å². The molecule has 0 saturated heterocycles. The Balaban J connectivity index is 1.22. The molecular weight excluding hydrogens is 396 g/mol. The van der Waals surface area contributed by atoms with Gasteiger partial charge in [0, 0.05) is 18.1 Å². The number of aromatic nitrogens is 1. The molecule has 6 heteroatoms. The summed E-state index contributed by atoms with van der Waals surface area (Å²) in [6.45, 7) is 0.391. The molecule has 4 aromatic rings. The van der Waals surface area contributed by atoms with Gasteiger partial charge in [-0.2, -0.15) is 0 Å². The van der Waals surface area contributed by atoms with Crippen LogP contribution in [-0.2, 0) is 11.3 Å². The summed E-state index contributed by atoms with van der Waals surface area (Å²) in [6.07, 6.45) is 1.70. The van der Waals surface area contributed by atoms with E-state index in [2.05, 4.69) is 22.4 Å². The molecule has 0 fully saturated rings. The maximum Gasteiger partial charge on any atom is 0.278 e. The third kappa shape index (κ3) is 5.46. The molecule has 0 aliphatic carbocycles. The molecule has 1 amide bonds. The zero-order valence-corrected chi connectivity index (χ0v) is 17.0. The quantitative estimate of drug-likeness (QED) is 0.424. The fourth-order valence-corrected chi connectivity index (χ4v) is 3.32. The lowest BCUT2D eigenvalue weighted by Gasteiger charge is -2.09. The largest absolute Gasteiger partial charge is 0.484 e. The fourth-order valence-electron chi connectivity index (χ4n) is 2.81. The first kappa shape index (κ1) is 19.7. The summed E-state index contributed by atoms with van der Waals surface area (Å²) in [5.74, 6) is 1.20. The number of carbonyl (C=O) groups is 1. The standard InChI is InChI=1S/C24H20N2O3S/c27-23(17-28-21-12-8-20(9-13-21)19-4-2-1-3-5-19)26-16-18-6-10-22(11-7-18)29-24-25-14-15-30-24/h1-15H,16-17H2,(H,26,27). The van der Waals surface area contributed by atoms with Crippen LogP contribution in [0.15, 0.2) is 90.4 Å². The summed E-state index contributed by atoms with van der Waals surface area (Å²) in [7, 11) is 0. The Morgan fingerprint density at radius 1 is 0.867 bits per heavy atom. The third-order valence-electron chi connectivity index (χ3n) is 4.36. The minimum absolute atomic E-state index is 0.0318. The fraction of sp³-hybridized carbons (Fsp3) is 0.0833. The van der Waals surface area contributed by atoms with Crippen LogP contribution >= 0.6 is 11.3 Å². The second-order valence-electron chi connectivity index (χ2n) is 6.50. The molecule has 150 valence electrons. The highest BCUT2D eigenvalue weighted by Crippen LogP contribution is 2.24.